The first kappa shape index (κ1) is 14.1. The van der Waals surface area contributed by atoms with E-state index in [1.165, 1.54) is 7.05 Å². The van der Waals surface area contributed by atoms with Crippen molar-refractivity contribution in [2.24, 2.45) is 7.05 Å². The largest absolute Gasteiger partial charge is 0.416 e. The number of hydrogen-bond acceptors (Lipinski definition) is 4. The molecule has 1 aromatic carbocycles. The third-order valence-corrected chi connectivity index (χ3v) is 2.46. The molecule has 0 bridgehead atoms. The molecule has 0 aliphatic carbocycles. The number of rotatable bonds is 3. The number of carbonyl (C=O) groups excluding carboxylic acids is 1. The van der Waals surface area contributed by atoms with Gasteiger partial charge in [-0.1, -0.05) is 0 Å². The maximum atomic E-state index is 13.5. The number of aromatic nitrogens is 4. The van der Waals surface area contributed by atoms with E-state index < -0.39 is 35.3 Å². The molecule has 1 heterocycles. The van der Waals surface area contributed by atoms with Gasteiger partial charge >= 0.3 is 6.18 Å². The van der Waals surface area contributed by atoms with Gasteiger partial charge in [0.2, 0.25) is 0 Å². The van der Waals surface area contributed by atoms with Crippen LogP contribution in [0.15, 0.2) is 18.2 Å². The van der Waals surface area contributed by atoms with Gasteiger partial charge < -0.3 is 0 Å². The summed E-state index contributed by atoms with van der Waals surface area (Å²) < 4.78 is 51.0. The molecule has 20 heavy (non-hydrogen) atoms. The van der Waals surface area contributed by atoms with Crippen molar-refractivity contribution >= 4 is 5.78 Å². The minimum atomic E-state index is -4.65. The van der Waals surface area contributed by atoms with Crippen LogP contribution in [-0.4, -0.2) is 26.0 Å². The number of hydrogen-bond donors (Lipinski definition) is 0. The third-order valence-electron chi connectivity index (χ3n) is 2.46. The van der Waals surface area contributed by atoms with Crippen molar-refractivity contribution < 1.29 is 22.4 Å². The van der Waals surface area contributed by atoms with Crippen LogP contribution in [0.25, 0.3) is 0 Å². The number of halogens is 4. The molecule has 0 radical (unpaired) electrons. The quantitative estimate of drug-likeness (QED) is 0.638. The van der Waals surface area contributed by atoms with Gasteiger partial charge in [0.1, 0.15) is 5.82 Å². The predicted octanol–water partition coefficient (Wildman–Crippen LogP) is 1.79. The summed E-state index contributed by atoms with van der Waals surface area (Å²) in [7, 11) is 1.46. The Bertz CT molecular complexity index is 650. The standard InChI is InChI=1S/C11H8F4N4O/c1-19-17-10(16-18-19)5-9(20)7-4-6(11(13,14)15)2-3-8(7)12/h2-4H,5H2,1H3. The summed E-state index contributed by atoms with van der Waals surface area (Å²) in [4.78, 5) is 12.9. The molecule has 0 aliphatic rings. The lowest BCUT2D eigenvalue weighted by Gasteiger charge is -2.08. The van der Waals surface area contributed by atoms with Gasteiger partial charge in [0, 0.05) is 0 Å². The Labute approximate surface area is 110 Å². The number of tetrazole rings is 1. The Morgan fingerprint density at radius 3 is 2.60 bits per heavy atom. The van der Waals surface area contributed by atoms with Gasteiger partial charge in [-0.15, -0.1) is 10.2 Å². The van der Waals surface area contributed by atoms with Crippen LogP contribution in [0.3, 0.4) is 0 Å². The summed E-state index contributed by atoms with van der Waals surface area (Å²) in [5.41, 5.74) is -1.73. The Hall–Kier alpha value is -2.32. The van der Waals surface area contributed by atoms with Crippen molar-refractivity contribution in [2.75, 3.05) is 0 Å². The number of alkyl halides is 3. The van der Waals surface area contributed by atoms with E-state index in [1.807, 2.05) is 0 Å². The predicted molar refractivity (Wildman–Crippen MR) is 58.2 cm³/mol. The summed E-state index contributed by atoms with van der Waals surface area (Å²) in [5, 5.41) is 10.7. The molecule has 0 aliphatic heterocycles. The van der Waals surface area contributed by atoms with E-state index in [4.69, 9.17) is 0 Å². The van der Waals surface area contributed by atoms with E-state index in [0.29, 0.717) is 18.2 Å². The van der Waals surface area contributed by atoms with Crippen LogP contribution < -0.4 is 0 Å². The summed E-state index contributed by atoms with van der Waals surface area (Å²) in [6, 6.07) is 1.67. The van der Waals surface area contributed by atoms with Gasteiger partial charge in [-0.05, 0) is 23.4 Å². The van der Waals surface area contributed by atoms with Crippen LogP contribution in [0.4, 0.5) is 17.6 Å². The monoisotopic (exact) mass is 288 g/mol. The molecule has 5 nitrogen and oxygen atoms in total. The molecule has 0 saturated heterocycles. The van der Waals surface area contributed by atoms with E-state index >= 15 is 0 Å². The molecule has 0 spiro atoms. The van der Waals surface area contributed by atoms with Gasteiger partial charge in [-0.3, -0.25) is 4.79 Å². The van der Waals surface area contributed by atoms with Crippen molar-refractivity contribution in [2.45, 2.75) is 12.6 Å². The number of aryl methyl sites for hydroxylation is 1. The first-order chi connectivity index (χ1) is 9.27. The maximum Gasteiger partial charge on any atom is 0.416 e. The second-order valence-electron chi connectivity index (χ2n) is 3.99. The Balaban J connectivity index is 2.29. The van der Waals surface area contributed by atoms with E-state index in [1.54, 1.807) is 0 Å². The fourth-order valence-electron chi connectivity index (χ4n) is 1.55. The zero-order valence-electron chi connectivity index (χ0n) is 10.1. The molecule has 9 heteroatoms. The Kier molecular flexibility index (Phi) is 3.51. The normalized spacial score (nSPS) is 11.7. The van der Waals surface area contributed by atoms with Crippen LogP contribution in [0.1, 0.15) is 21.7 Å². The molecular weight excluding hydrogens is 280 g/mol. The second-order valence-corrected chi connectivity index (χ2v) is 3.99. The highest BCUT2D eigenvalue weighted by Gasteiger charge is 2.32. The molecule has 2 rings (SSSR count). The third kappa shape index (κ3) is 2.98. The highest BCUT2D eigenvalue weighted by Crippen LogP contribution is 2.30. The molecule has 0 unspecified atom stereocenters. The highest BCUT2D eigenvalue weighted by molar-refractivity contribution is 5.97. The minimum absolute atomic E-state index is 0.00862. The van der Waals surface area contributed by atoms with Crippen LogP contribution in [0, 0.1) is 5.82 Å². The zero-order valence-corrected chi connectivity index (χ0v) is 10.1. The number of benzene rings is 1. The summed E-state index contributed by atoms with van der Waals surface area (Å²) >= 11 is 0. The number of carbonyl (C=O) groups is 1. The Morgan fingerprint density at radius 1 is 1.35 bits per heavy atom. The number of ketones is 1. The minimum Gasteiger partial charge on any atom is -0.294 e. The Morgan fingerprint density at radius 2 is 2.05 bits per heavy atom. The van der Waals surface area contributed by atoms with Crippen molar-refractivity contribution in [3.63, 3.8) is 0 Å². The first-order valence-electron chi connectivity index (χ1n) is 5.40. The van der Waals surface area contributed by atoms with Gasteiger partial charge in [-0.25, -0.2) is 4.39 Å². The molecule has 106 valence electrons. The average molecular weight is 288 g/mol. The van der Waals surface area contributed by atoms with Gasteiger partial charge in [0.05, 0.1) is 24.6 Å². The highest BCUT2D eigenvalue weighted by atomic mass is 19.4. The summed E-state index contributed by atoms with van der Waals surface area (Å²) in [6.07, 6.45) is -5.07. The number of Topliss-reactive ketones (excluding diaryl/α,β-unsaturated/α-hetero) is 1. The van der Waals surface area contributed by atoms with Crippen LogP contribution in [-0.2, 0) is 19.6 Å². The molecule has 0 fully saturated rings. The van der Waals surface area contributed by atoms with Crippen LogP contribution in [0.2, 0.25) is 0 Å². The van der Waals surface area contributed by atoms with E-state index in [0.717, 1.165) is 4.80 Å². The fraction of sp³-hybridized carbons (Fsp3) is 0.273. The van der Waals surface area contributed by atoms with E-state index in [2.05, 4.69) is 15.4 Å². The molecular formula is C11H8F4N4O. The van der Waals surface area contributed by atoms with E-state index in [-0.39, 0.29) is 5.82 Å². The SMILES string of the molecule is Cn1nnc(CC(=O)c2cc(C(F)(F)F)ccc2F)n1. The molecule has 2 aromatic rings. The topological polar surface area (TPSA) is 60.7 Å². The van der Waals surface area contributed by atoms with E-state index in [9.17, 15) is 22.4 Å². The molecule has 1 aromatic heterocycles. The molecule has 0 N–H and O–H groups in total. The lowest BCUT2D eigenvalue weighted by molar-refractivity contribution is -0.137. The van der Waals surface area contributed by atoms with Crippen molar-refractivity contribution in [3.8, 4) is 0 Å². The van der Waals surface area contributed by atoms with Gasteiger partial charge in [0.15, 0.2) is 11.6 Å². The molecule has 0 atom stereocenters. The van der Waals surface area contributed by atoms with Crippen molar-refractivity contribution in [1.82, 2.24) is 20.2 Å². The lowest BCUT2D eigenvalue weighted by Crippen LogP contribution is -2.12. The van der Waals surface area contributed by atoms with Crippen LogP contribution >= 0.6 is 0 Å². The lowest BCUT2D eigenvalue weighted by atomic mass is 10.0. The second kappa shape index (κ2) is 4.99. The van der Waals surface area contributed by atoms with Gasteiger partial charge in [-0.2, -0.15) is 18.0 Å². The smallest absolute Gasteiger partial charge is 0.294 e. The zero-order chi connectivity index (χ0) is 14.9. The van der Waals surface area contributed by atoms with Crippen molar-refractivity contribution in [3.05, 3.63) is 41.0 Å². The number of nitrogens with zero attached hydrogens (tertiary/aromatic N) is 4. The maximum absolute atomic E-state index is 13.5. The average Bonchev–Trinajstić information content (AvgIpc) is 2.73. The molecule has 0 amide bonds. The summed E-state index contributed by atoms with van der Waals surface area (Å²) in [5.74, 6) is -1.86. The van der Waals surface area contributed by atoms with Crippen molar-refractivity contribution in [1.29, 1.82) is 0 Å². The van der Waals surface area contributed by atoms with Crippen LogP contribution in [0.5, 0.6) is 0 Å². The first-order valence-corrected chi connectivity index (χ1v) is 5.40. The fourth-order valence-corrected chi connectivity index (χ4v) is 1.55. The van der Waals surface area contributed by atoms with Gasteiger partial charge in [0.25, 0.3) is 0 Å². The summed E-state index contributed by atoms with van der Waals surface area (Å²) in [6.45, 7) is 0. The molecule has 0 saturated carbocycles.